The van der Waals surface area contributed by atoms with Crippen LogP contribution in [-0.4, -0.2) is 32.6 Å². The zero-order valence-electron chi connectivity index (χ0n) is 9.23. The third-order valence-electron chi connectivity index (χ3n) is 2.13. The second-order valence-electron chi connectivity index (χ2n) is 3.07. The molecule has 0 aliphatic heterocycles. The summed E-state index contributed by atoms with van der Waals surface area (Å²) in [6.07, 6.45) is 0.893. The van der Waals surface area contributed by atoms with E-state index in [9.17, 15) is 4.79 Å². The molecule has 0 saturated carbocycles. The predicted molar refractivity (Wildman–Crippen MR) is 64.1 cm³/mol. The van der Waals surface area contributed by atoms with E-state index in [0.29, 0.717) is 0 Å². The molecule has 0 amide bonds. The van der Waals surface area contributed by atoms with Crippen LogP contribution in [0.5, 0.6) is 0 Å². The molecule has 0 saturated heterocycles. The molecule has 0 N–H and O–H groups in total. The van der Waals surface area contributed by atoms with Crippen molar-refractivity contribution in [1.29, 1.82) is 0 Å². The molecule has 0 aliphatic rings. The van der Waals surface area contributed by atoms with Crippen molar-refractivity contribution in [2.24, 2.45) is 0 Å². The van der Waals surface area contributed by atoms with Crippen LogP contribution in [0, 0.1) is 0 Å². The summed E-state index contributed by atoms with van der Waals surface area (Å²) in [4.78, 5) is 13.6. The van der Waals surface area contributed by atoms with Gasteiger partial charge in [0.15, 0.2) is 6.29 Å². The molecule has 1 aromatic rings. The third-order valence-corrected chi connectivity index (χ3v) is 3.20. The van der Waals surface area contributed by atoms with Crippen LogP contribution in [0.15, 0.2) is 12.1 Å². The van der Waals surface area contributed by atoms with Crippen LogP contribution in [0.4, 0.5) is 5.00 Å². The van der Waals surface area contributed by atoms with E-state index in [1.807, 2.05) is 19.1 Å². The highest BCUT2D eigenvalue weighted by molar-refractivity contribution is 7.17. The lowest BCUT2D eigenvalue weighted by atomic mass is 10.4. The molecule has 1 aromatic heterocycles. The Labute approximate surface area is 94.7 Å². The van der Waals surface area contributed by atoms with Crippen molar-refractivity contribution < 1.29 is 9.53 Å². The van der Waals surface area contributed by atoms with Crippen molar-refractivity contribution in [3.63, 3.8) is 0 Å². The molecule has 15 heavy (non-hydrogen) atoms. The highest BCUT2D eigenvalue weighted by Gasteiger charge is 2.06. The van der Waals surface area contributed by atoms with Gasteiger partial charge in [0.1, 0.15) is 0 Å². The molecule has 0 radical (unpaired) electrons. The Morgan fingerprint density at radius 2 is 2.27 bits per heavy atom. The second-order valence-corrected chi connectivity index (χ2v) is 4.16. The van der Waals surface area contributed by atoms with Crippen molar-refractivity contribution in [1.82, 2.24) is 0 Å². The first-order valence-corrected chi connectivity index (χ1v) is 6.01. The molecule has 0 bridgehead atoms. The van der Waals surface area contributed by atoms with Crippen LogP contribution in [-0.2, 0) is 4.74 Å². The average Bonchev–Trinajstić information content (AvgIpc) is 2.73. The van der Waals surface area contributed by atoms with Gasteiger partial charge in [0.05, 0.1) is 16.5 Å². The first-order valence-electron chi connectivity index (χ1n) is 5.19. The van der Waals surface area contributed by atoms with Crippen molar-refractivity contribution in [2.75, 3.05) is 31.2 Å². The summed E-state index contributed by atoms with van der Waals surface area (Å²) in [7, 11) is 0. The fraction of sp³-hybridized carbons (Fsp3) is 0.545. The normalized spacial score (nSPS) is 10.3. The maximum atomic E-state index is 10.6. The van der Waals surface area contributed by atoms with Gasteiger partial charge < -0.3 is 9.64 Å². The standard InChI is InChI=1S/C11H17NO2S/c1-3-12(7-8-14-4-2)11-6-5-10(9-13)15-11/h5-6,9H,3-4,7-8H2,1-2H3. The van der Waals surface area contributed by atoms with Crippen molar-refractivity contribution in [3.05, 3.63) is 17.0 Å². The van der Waals surface area contributed by atoms with E-state index in [-0.39, 0.29) is 0 Å². The molecule has 4 heteroatoms. The molecule has 84 valence electrons. The number of ether oxygens (including phenoxy) is 1. The van der Waals surface area contributed by atoms with Crippen LogP contribution in [0.2, 0.25) is 0 Å². The molecular formula is C11H17NO2S. The van der Waals surface area contributed by atoms with Gasteiger partial charge in [-0.3, -0.25) is 4.79 Å². The van der Waals surface area contributed by atoms with Crippen molar-refractivity contribution in [3.8, 4) is 0 Å². The number of rotatable bonds is 7. The number of hydrogen-bond acceptors (Lipinski definition) is 4. The van der Waals surface area contributed by atoms with Crippen LogP contribution in [0.3, 0.4) is 0 Å². The largest absolute Gasteiger partial charge is 0.380 e. The summed E-state index contributed by atoms with van der Waals surface area (Å²) in [6, 6.07) is 3.85. The summed E-state index contributed by atoms with van der Waals surface area (Å²) in [5.41, 5.74) is 0. The number of aldehydes is 1. The molecule has 0 fully saturated rings. The molecule has 0 atom stereocenters. The number of likely N-dealkylation sites (N-methyl/N-ethyl adjacent to an activating group) is 1. The molecule has 1 rings (SSSR count). The predicted octanol–water partition coefficient (Wildman–Crippen LogP) is 2.42. The van der Waals surface area contributed by atoms with Gasteiger partial charge in [-0.05, 0) is 26.0 Å². The number of carbonyl (C=O) groups is 1. The average molecular weight is 227 g/mol. The van der Waals surface area contributed by atoms with Gasteiger partial charge in [0, 0.05) is 19.7 Å². The molecule has 0 aliphatic carbocycles. The smallest absolute Gasteiger partial charge is 0.160 e. The second kappa shape index (κ2) is 6.58. The number of nitrogens with zero attached hydrogens (tertiary/aromatic N) is 1. The number of anilines is 1. The minimum Gasteiger partial charge on any atom is -0.380 e. The van der Waals surface area contributed by atoms with Crippen LogP contribution in [0.1, 0.15) is 23.5 Å². The van der Waals surface area contributed by atoms with E-state index < -0.39 is 0 Å². The van der Waals surface area contributed by atoms with E-state index in [0.717, 1.165) is 42.5 Å². The third kappa shape index (κ3) is 3.64. The van der Waals surface area contributed by atoms with Crippen LogP contribution >= 0.6 is 11.3 Å². The summed E-state index contributed by atoms with van der Waals surface area (Å²) in [6.45, 7) is 7.40. The molecular weight excluding hydrogens is 210 g/mol. The van der Waals surface area contributed by atoms with Gasteiger partial charge in [-0.1, -0.05) is 0 Å². The minimum atomic E-state index is 0.735. The summed E-state index contributed by atoms with van der Waals surface area (Å²) < 4.78 is 5.31. The molecule has 3 nitrogen and oxygen atoms in total. The number of carbonyl (C=O) groups excluding carboxylic acids is 1. The van der Waals surface area contributed by atoms with Gasteiger partial charge in [0.25, 0.3) is 0 Å². The van der Waals surface area contributed by atoms with E-state index >= 15 is 0 Å². The molecule has 0 unspecified atom stereocenters. The Morgan fingerprint density at radius 1 is 1.47 bits per heavy atom. The lowest BCUT2D eigenvalue weighted by molar-refractivity contribution is 0.112. The Hall–Kier alpha value is -0.870. The zero-order valence-corrected chi connectivity index (χ0v) is 10.0. The van der Waals surface area contributed by atoms with Crippen molar-refractivity contribution >= 4 is 22.6 Å². The van der Waals surface area contributed by atoms with Gasteiger partial charge in [-0.15, -0.1) is 11.3 Å². The van der Waals surface area contributed by atoms with E-state index in [4.69, 9.17) is 4.74 Å². The maximum absolute atomic E-state index is 10.6. The van der Waals surface area contributed by atoms with Crippen LogP contribution < -0.4 is 4.90 Å². The summed E-state index contributed by atoms with van der Waals surface area (Å²) in [5, 5.41) is 1.14. The Morgan fingerprint density at radius 3 is 2.80 bits per heavy atom. The molecule has 1 heterocycles. The van der Waals surface area contributed by atoms with Gasteiger partial charge in [-0.25, -0.2) is 0 Å². The van der Waals surface area contributed by atoms with E-state index in [1.165, 1.54) is 11.3 Å². The molecule has 0 aromatic carbocycles. The lowest BCUT2D eigenvalue weighted by Crippen LogP contribution is -2.26. The monoisotopic (exact) mass is 227 g/mol. The van der Waals surface area contributed by atoms with E-state index in [2.05, 4.69) is 11.8 Å². The Bertz CT molecular complexity index is 299. The fourth-order valence-corrected chi connectivity index (χ4v) is 2.23. The van der Waals surface area contributed by atoms with Gasteiger partial charge in [0.2, 0.25) is 0 Å². The maximum Gasteiger partial charge on any atom is 0.160 e. The van der Waals surface area contributed by atoms with Gasteiger partial charge >= 0.3 is 0 Å². The summed E-state index contributed by atoms with van der Waals surface area (Å²) >= 11 is 1.53. The number of thiophene rings is 1. The zero-order chi connectivity index (χ0) is 11.1. The molecule has 0 spiro atoms. The first kappa shape index (κ1) is 12.2. The summed E-state index contributed by atoms with van der Waals surface area (Å²) in [5.74, 6) is 0. The Balaban J connectivity index is 2.53. The topological polar surface area (TPSA) is 29.5 Å². The fourth-order valence-electron chi connectivity index (χ4n) is 1.32. The highest BCUT2D eigenvalue weighted by atomic mass is 32.1. The van der Waals surface area contributed by atoms with Crippen molar-refractivity contribution in [2.45, 2.75) is 13.8 Å². The quantitative estimate of drug-likeness (QED) is 0.529. The lowest BCUT2D eigenvalue weighted by Gasteiger charge is -2.20. The Kier molecular flexibility index (Phi) is 5.36. The van der Waals surface area contributed by atoms with Crippen LogP contribution in [0.25, 0.3) is 0 Å². The SMILES string of the molecule is CCOCCN(CC)c1ccc(C=O)s1. The minimum absolute atomic E-state index is 0.735. The first-order chi connectivity index (χ1) is 7.31. The number of hydrogen-bond donors (Lipinski definition) is 0. The highest BCUT2D eigenvalue weighted by Crippen LogP contribution is 2.24. The van der Waals surface area contributed by atoms with E-state index in [1.54, 1.807) is 0 Å². The van der Waals surface area contributed by atoms with Gasteiger partial charge in [-0.2, -0.15) is 0 Å².